The lowest BCUT2D eigenvalue weighted by Crippen LogP contribution is -2.38. The van der Waals surface area contributed by atoms with Crippen LogP contribution in [0.1, 0.15) is 27.0 Å². The number of sulfonamides is 1. The number of hydrogen-bond donors (Lipinski definition) is 1. The van der Waals surface area contributed by atoms with Gasteiger partial charge in [-0.15, -0.1) is 0 Å². The normalized spacial score (nSPS) is 11.2. The molecule has 2 aromatic rings. The number of aryl methyl sites for hydroxylation is 3. The van der Waals surface area contributed by atoms with Crippen LogP contribution < -0.4 is 9.62 Å². The molecular weight excluding hydrogens is 336 g/mol. The van der Waals surface area contributed by atoms with E-state index in [1.54, 1.807) is 18.2 Å². The van der Waals surface area contributed by atoms with Gasteiger partial charge < -0.3 is 5.32 Å². The van der Waals surface area contributed by atoms with E-state index in [1.807, 2.05) is 45.0 Å². The molecule has 0 unspecified atom stereocenters. The van der Waals surface area contributed by atoms with Crippen molar-refractivity contribution in [2.24, 2.45) is 0 Å². The first-order valence-electron chi connectivity index (χ1n) is 8.09. The molecule has 0 saturated carbocycles. The van der Waals surface area contributed by atoms with Crippen molar-refractivity contribution in [2.45, 2.75) is 20.8 Å². The lowest BCUT2D eigenvalue weighted by atomic mass is 10.1. The molecule has 0 atom stereocenters. The zero-order chi connectivity index (χ0) is 18.6. The summed E-state index contributed by atoms with van der Waals surface area (Å²) in [6.07, 6.45) is 1.17. The summed E-state index contributed by atoms with van der Waals surface area (Å²) < 4.78 is 25.6. The Hall–Kier alpha value is -2.34. The van der Waals surface area contributed by atoms with Crippen LogP contribution in [0, 0.1) is 20.8 Å². The van der Waals surface area contributed by atoms with Gasteiger partial charge in [0.05, 0.1) is 18.5 Å². The van der Waals surface area contributed by atoms with Gasteiger partial charge in [0.15, 0.2) is 0 Å². The van der Waals surface area contributed by atoms with Crippen LogP contribution in [0.4, 0.5) is 5.69 Å². The van der Waals surface area contributed by atoms with Crippen molar-refractivity contribution in [1.29, 1.82) is 0 Å². The number of nitrogens with zero attached hydrogens (tertiary/aromatic N) is 1. The summed E-state index contributed by atoms with van der Waals surface area (Å²) in [4.78, 5) is 12.3. The van der Waals surface area contributed by atoms with E-state index >= 15 is 0 Å². The maximum absolute atomic E-state index is 12.3. The Kier molecular flexibility index (Phi) is 5.85. The maximum Gasteiger partial charge on any atom is 0.251 e. The monoisotopic (exact) mass is 360 g/mol. The summed E-state index contributed by atoms with van der Waals surface area (Å²) in [5.41, 5.74) is 4.24. The molecule has 1 amide bonds. The van der Waals surface area contributed by atoms with Gasteiger partial charge in [0.2, 0.25) is 10.0 Å². The average molecular weight is 360 g/mol. The molecule has 0 saturated heterocycles. The van der Waals surface area contributed by atoms with Crippen LogP contribution in [-0.2, 0) is 10.0 Å². The third-order valence-corrected chi connectivity index (χ3v) is 5.33. The van der Waals surface area contributed by atoms with Gasteiger partial charge in [-0.1, -0.05) is 24.3 Å². The highest BCUT2D eigenvalue weighted by molar-refractivity contribution is 7.92. The number of carbonyl (C=O) groups excluding carboxylic acids is 1. The second kappa shape index (κ2) is 7.70. The van der Waals surface area contributed by atoms with Gasteiger partial charge in [0.1, 0.15) is 0 Å². The van der Waals surface area contributed by atoms with Crippen LogP contribution >= 0.6 is 0 Å². The van der Waals surface area contributed by atoms with Gasteiger partial charge >= 0.3 is 0 Å². The molecule has 0 aliphatic heterocycles. The Morgan fingerprint density at radius 3 is 2.28 bits per heavy atom. The molecule has 5 nitrogen and oxygen atoms in total. The maximum atomic E-state index is 12.3. The van der Waals surface area contributed by atoms with Crippen LogP contribution in [0.15, 0.2) is 42.5 Å². The predicted octanol–water partition coefficient (Wildman–Crippen LogP) is 2.81. The van der Waals surface area contributed by atoms with Crippen molar-refractivity contribution in [3.8, 4) is 0 Å². The molecule has 6 heteroatoms. The van der Waals surface area contributed by atoms with Crippen LogP contribution in [-0.4, -0.2) is 33.7 Å². The topological polar surface area (TPSA) is 66.5 Å². The van der Waals surface area contributed by atoms with Gasteiger partial charge in [-0.25, -0.2) is 8.42 Å². The number of amides is 1. The number of nitrogens with one attached hydrogen (secondary N) is 1. The number of para-hydroxylation sites is 1. The molecule has 25 heavy (non-hydrogen) atoms. The number of anilines is 1. The highest BCUT2D eigenvalue weighted by atomic mass is 32.2. The molecule has 0 fully saturated rings. The van der Waals surface area contributed by atoms with Crippen molar-refractivity contribution in [3.63, 3.8) is 0 Å². The molecule has 1 N–H and O–H groups in total. The largest absolute Gasteiger partial charge is 0.350 e. The first kappa shape index (κ1) is 19.0. The van der Waals surface area contributed by atoms with Crippen LogP contribution in [0.25, 0.3) is 0 Å². The highest BCUT2D eigenvalue weighted by Crippen LogP contribution is 2.21. The number of rotatable bonds is 6. The quantitative estimate of drug-likeness (QED) is 0.861. The van der Waals surface area contributed by atoms with Crippen molar-refractivity contribution in [1.82, 2.24) is 5.32 Å². The van der Waals surface area contributed by atoms with E-state index < -0.39 is 10.0 Å². The second-order valence-electron chi connectivity index (χ2n) is 6.18. The van der Waals surface area contributed by atoms with Crippen LogP contribution in [0.2, 0.25) is 0 Å². The lowest BCUT2D eigenvalue weighted by molar-refractivity contribution is 0.0954. The molecule has 0 bridgehead atoms. The Morgan fingerprint density at radius 2 is 1.68 bits per heavy atom. The van der Waals surface area contributed by atoms with E-state index in [9.17, 15) is 13.2 Å². The molecule has 0 aliphatic carbocycles. The number of benzene rings is 2. The molecule has 134 valence electrons. The summed E-state index contributed by atoms with van der Waals surface area (Å²) in [6.45, 7) is 6.22. The Balaban J connectivity index is 2.08. The molecule has 0 aromatic heterocycles. The highest BCUT2D eigenvalue weighted by Gasteiger charge is 2.19. The summed E-state index contributed by atoms with van der Waals surface area (Å²) in [5.74, 6) is -0.207. The first-order chi connectivity index (χ1) is 11.7. The Bertz CT molecular complexity index is 876. The Morgan fingerprint density at radius 1 is 1.00 bits per heavy atom. The minimum absolute atomic E-state index is 0.181. The molecular formula is C19H24N2O3S. The fourth-order valence-corrected chi connectivity index (χ4v) is 3.55. The molecule has 2 rings (SSSR count). The molecule has 0 radical (unpaired) electrons. The fourth-order valence-electron chi connectivity index (χ4n) is 2.56. The fraction of sp³-hybridized carbons (Fsp3) is 0.316. The standard InChI is InChI=1S/C19H24N2O3S/c1-14-9-10-17(13-16(14)3)19(22)20-11-12-21(25(4,23)24)18-8-6-5-7-15(18)2/h5-10,13H,11-12H2,1-4H3,(H,20,22). The zero-order valence-electron chi connectivity index (χ0n) is 15.0. The van der Waals surface area contributed by atoms with E-state index in [1.165, 1.54) is 10.6 Å². The van der Waals surface area contributed by atoms with Crippen molar-refractivity contribution < 1.29 is 13.2 Å². The summed E-state index contributed by atoms with van der Waals surface area (Å²) in [5, 5.41) is 2.79. The minimum Gasteiger partial charge on any atom is -0.350 e. The van der Waals surface area contributed by atoms with Crippen molar-refractivity contribution in [2.75, 3.05) is 23.7 Å². The Labute approximate surface area is 149 Å². The van der Waals surface area contributed by atoms with E-state index in [4.69, 9.17) is 0 Å². The third-order valence-electron chi connectivity index (χ3n) is 4.15. The molecule has 0 heterocycles. The van der Waals surface area contributed by atoms with Gasteiger partial charge in [0, 0.05) is 12.1 Å². The summed E-state index contributed by atoms with van der Waals surface area (Å²) in [6, 6.07) is 12.8. The summed E-state index contributed by atoms with van der Waals surface area (Å²) in [7, 11) is -3.43. The van der Waals surface area contributed by atoms with Crippen LogP contribution in [0.5, 0.6) is 0 Å². The smallest absolute Gasteiger partial charge is 0.251 e. The minimum atomic E-state index is -3.43. The summed E-state index contributed by atoms with van der Waals surface area (Å²) >= 11 is 0. The van der Waals surface area contributed by atoms with E-state index in [0.717, 1.165) is 16.7 Å². The first-order valence-corrected chi connectivity index (χ1v) is 9.94. The van der Waals surface area contributed by atoms with Gasteiger partial charge in [-0.3, -0.25) is 9.10 Å². The van der Waals surface area contributed by atoms with E-state index in [2.05, 4.69) is 5.32 Å². The van der Waals surface area contributed by atoms with Gasteiger partial charge in [-0.2, -0.15) is 0 Å². The predicted molar refractivity (Wildman–Crippen MR) is 102 cm³/mol. The average Bonchev–Trinajstić information content (AvgIpc) is 2.54. The second-order valence-corrected chi connectivity index (χ2v) is 8.08. The number of carbonyl (C=O) groups is 1. The van der Waals surface area contributed by atoms with Gasteiger partial charge in [0.25, 0.3) is 5.91 Å². The lowest BCUT2D eigenvalue weighted by Gasteiger charge is -2.24. The van der Waals surface area contributed by atoms with E-state index in [-0.39, 0.29) is 19.0 Å². The molecule has 0 spiro atoms. The zero-order valence-corrected chi connectivity index (χ0v) is 15.9. The van der Waals surface area contributed by atoms with Crippen molar-refractivity contribution in [3.05, 3.63) is 64.7 Å². The van der Waals surface area contributed by atoms with Crippen LogP contribution in [0.3, 0.4) is 0 Å². The number of hydrogen-bond acceptors (Lipinski definition) is 3. The third kappa shape index (κ3) is 4.82. The SMILES string of the molecule is Cc1ccc(C(=O)NCCN(c2ccccc2C)S(C)(=O)=O)cc1C. The van der Waals surface area contributed by atoms with E-state index in [0.29, 0.717) is 11.3 Å². The van der Waals surface area contributed by atoms with Crippen molar-refractivity contribution >= 4 is 21.6 Å². The molecule has 0 aliphatic rings. The van der Waals surface area contributed by atoms with Gasteiger partial charge in [-0.05, 0) is 55.7 Å². The molecule has 2 aromatic carbocycles.